The second-order valence-electron chi connectivity index (χ2n) is 12.4. The topological polar surface area (TPSA) is 135 Å². The predicted octanol–water partition coefficient (Wildman–Crippen LogP) is 5.35. The van der Waals surface area contributed by atoms with Gasteiger partial charge in [0.25, 0.3) is 0 Å². The van der Waals surface area contributed by atoms with Crippen LogP contribution < -0.4 is 11.1 Å². The number of urea groups is 1. The minimum absolute atomic E-state index is 0.0768. The summed E-state index contributed by atoms with van der Waals surface area (Å²) in [5.41, 5.74) is 5.89. The van der Waals surface area contributed by atoms with E-state index in [-0.39, 0.29) is 54.5 Å². The number of carbonyl (C=O) groups excluding carboxylic acids is 4. The molecule has 0 radical (unpaired) electrons. The van der Waals surface area contributed by atoms with Gasteiger partial charge in [0.1, 0.15) is 6.10 Å². The number of ether oxygens (including phenoxy) is 2. The largest absolute Gasteiger partial charge is 0.508 e. The summed E-state index contributed by atoms with van der Waals surface area (Å²) in [5, 5.41) is 2.69. The summed E-state index contributed by atoms with van der Waals surface area (Å²) in [5.74, 6) is -1.68. The number of likely N-dealkylation sites (tertiary alicyclic amines) is 2. The van der Waals surface area contributed by atoms with Crippen LogP contribution in [-0.2, 0) is 38.1 Å². The summed E-state index contributed by atoms with van der Waals surface area (Å²) in [6, 6.07) is 9.57. The van der Waals surface area contributed by atoms with Gasteiger partial charge in [0, 0.05) is 63.7 Å². The van der Waals surface area contributed by atoms with Gasteiger partial charge in [-0.05, 0) is 55.0 Å². The quantitative estimate of drug-likeness (QED) is 0.295. The van der Waals surface area contributed by atoms with Crippen LogP contribution >= 0.6 is 11.6 Å². The minimum atomic E-state index is -4.77. The molecule has 3 aliphatic rings. The first-order valence-electron chi connectivity index (χ1n) is 16.0. The lowest BCUT2D eigenvalue weighted by atomic mass is 9.91. The molecule has 0 spiro atoms. The lowest BCUT2D eigenvalue weighted by Crippen LogP contribution is -2.50. The zero-order chi connectivity index (χ0) is 34.6. The van der Waals surface area contributed by atoms with Crippen LogP contribution in [0.15, 0.2) is 36.4 Å². The van der Waals surface area contributed by atoms with E-state index in [4.69, 9.17) is 22.1 Å². The van der Waals surface area contributed by atoms with Gasteiger partial charge in [0.2, 0.25) is 11.8 Å². The van der Waals surface area contributed by atoms with Crippen molar-refractivity contribution in [3.63, 3.8) is 0 Å². The summed E-state index contributed by atoms with van der Waals surface area (Å²) in [7, 11) is 1.20. The average molecular weight is 694 g/mol. The molecule has 1 atom stereocenters. The third-order valence-electron chi connectivity index (χ3n) is 9.33. The number of fused-ring (bicyclic) bond motifs is 1. The third kappa shape index (κ3) is 8.26. The van der Waals surface area contributed by atoms with Gasteiger partial charge in [-0.15, -0.1) is 0 Å². The zero-order valence-electron chi connectivity index (χ0n) is 26.6. The lowest BCUT2D eigenvalue weighted by molar-refractivity contribution is -0.143. The fraction of sp³-hybridized carbons (Fsp3) is 0.515. The second-order valence-corrected chi connectivity index (χ2v) is 12.8. The number of anilines is 2. The molecule has 5 rings (SSSR count). The molecule has 2 aromatic rings. The minimum Gasteiger partial charge on any atom is -0.438 e. The molecule has 0 bridgehead atoms. The maximum Gasteiger partial charge on any atom is 0.508 e. The Morgan fingerprint density at radius 2 is 1.69 bits per heavy atom. The number of para-hydroxylation sites is 1. The Morgan fingerprint density at radius 1 is 1.02 bits per heavy atom. The summed E-state index contributed by atoms with van der Waals surface area (Å²) >= 11 is 6.08. The molecular weight excluding hydrogens is 655 g/mol. The van der Waals surface area contributed by atoms with Crippen LogP contribution in [-0.4, -0.2) is 90.7 Å². The average Bonchev–Trinajstić information content (AvgIpc) is 3.23. The van der Waals surface area contributed by atoms with Crippen molar-refractivity contribution in [2.24, 2.45) is 5.92 Å². The van der Waals surface area contributed by atoms with Crippen LogP contribution in [0.3, 0.4) is 0 Å². The Kier molecular flexibility index (Phi) is 10.9. The van der Waals surface area contributed by atoms with Crippen molar-refractivity contribution >= 4 is 47.0 Å². The second kappa shape index (κ2) is 14.9. The zero-order valence-corrected chi connectivity index (χ0v) is 27.3. The van der Waals surface area contributed by atoms with E-state index in [1.165, 1.54) is 13.2 Å². The molecule has 2 aromatic carbocycles. The standard InChI is InChI=1S/C33H39ClF3N5O6/c1-47-32(46)48-24-9-13-41(14-10-24)30(44)22(16-20-17-25(33(35,36)37)29(38)26(34)18-20)19-28(43)40-11-7-23(8-12-40)42-15-6-21-4-2-3-5-27(21)39-31(42)45/h2-5,17-18,22-24H,6-16,19,38H2,1H3,(H,39,45)/t22-/m0/s1. The summed E-state index contributed by atoms with van der Waals surface area (Å²) in [6.07, 6.45) is -3.96. The molecule has 4 amide bonds. The highest BCUT2D eigenvalue weighted by Crippen LogP contribution is 2.38. The van der Waals surface area contributed by atoms with Crippen molar-refractivity contribution in [1.29, 1.82) is 0 Å². The summed E-state index contributed by atoms with van der Waals surface area (Å²) < 4.78 is 50.9. The fourth-order valence-corrected chi connectivity index (χ4v) is 6.94. The maximum atomic E-state index is 13.9. The van der Waals surface area contributed by atoms with Crippen molar-refractivity contribution in [3.8, 4) is 0 Å². The van der Waals surface area contributed by atoms with Crippen LogP contribution in [0.2, 0.25) is 5.02 Å². The summed E-state index contributed by atoms with van der Waals surface area (Å²) in [4.78, 5) is 57.1. The maximum absolute atomic E-state index is 13.9. The number of piperidine rings is 2. The first-order chi connectivity index (χ1) is 22.8. The van der Waals surface area contributed by atoms with Gasteiger partial charge in [0.15, 0.2) is 0 Å². The van der Waals surface area contributed by atoms with E-state index < -0.39 is 41.5 Å². The highest BCUT2D eigenvalue weighted by molar-refractivity contribution is 6.33. The lowest BCUT2D eigenvalue weighted by Gasteiger charge is -2.38. The van der Waals surface area contributed by atoms with Crippen molar-refractivity contribution in [3.05, 3.63) is 58.1 Å². The van der Waals surface area contributed by atoms with Gasteiger partial charge < -0.3 is 35.2 Å². The Balaban J connectivity index is 1.26. The molecule has 3 N–H and O–H groups in total. The van der Waals surface area contributed by atoms with Crippen LogP contribution in [0, 0.1) is 5.92 Å². The first kappa shape index (κ1) is 35.1. The van der Waals surface area contributed by atoms with Gasteiger partial charge in [-0.1, -0.05) is 29.8 Å². The highest BCUT2D eigenvalue weighted by Gasteiger charge is 2.37. The Labute approximate surface area is 281 Å². The number of nitrogen functional groups attached to an aromatic ring is 1. The predicted molar refractivity (Wildman–Crippen MR) is 171 cm³/mol. The van der Waals surface area contributed by atoms with Crippen molar-refractivity contribution in [2.75, 3.05) is 50.9 Å². The Bertz CT molecular complexity index is 1530. The molecule has 2 saturated heterocycles. The van der Waals surface area contributed by atoms with Gasteiger partial charge in [-0.25, -0.2) is 9.59 Å². The van der Waals surface area contributed by atoms with Crippen LogP contribution in [0.5, 0.6) is 0 Å². The Morgan fingerprint density at radius 3 is 2.35 bits per heavy atom. The molecule has 15 heteroatoms. The smallest absolute Gasteiger partial charge is 0.438 e. The first-order valence-corrected chi connectivity index (χ1v) is 16.3. The van der Waals surface area contributed by atoms with E-state index in [0.717, 1.165) is 17.3 Å². The number of nitrogens with two attached hydrogens (primary N) is 1. The van der Waals surface area contributed by atoms with Crippen molar-refractivity contribution in [2.45, 2.75) is 63.3 Å². The molecule has 48 heavy (non-hydrogen) atoms. The highest BCUT2D eigenvalue weighted by atomic mass is 35.5. The van der Waals surface area contributed by atoms with E-state index in [1.54, 1.807) is 9.80 Å². The van der Waals surface area contributed by atoms with E-state index in [2.05, 4.69) is 10.1 Å². The molecule has 260 valence electrons. The molecule has 0 aliphatic carbocycles. The van der Waals surface area contributed by atoms with E-state index in [0.29, 0.717) is 51.7 Å². The monoisotopic (exact) mass is 693 g/mol. The third-order valence-corrected chi connectivity index (χ3v) is 9.64. The molecular formula is C33H39ClF3N5O6. The number of methoxy groups -OCH3 is 1. The van der Waals surface area contributed by atoms with Crippen LogP contribution in [0.1, 0.15) is 48.8 Å². The van der Waals surface area contributed by atoms with Gasteiger partial charge >= 0.3 is 18.4 Å². The summed E-state index contributed by atoms with van der Waals surface area (Å²) in [6.45, 7) is 1.74. The number of benzene rings is 2. The Hall–Kier alpha value is -4.20. The molecule has 0 aromatic heterocycles. The molecule has 3 aliphatic heterocycles. The van der Waals surface area contributed by atoms with E-state index in [1.807, 2.05) is 29.2 Å². The fourth-order valence-electron chi connectivity index (χ4n) is 6.70. The molecule has 0 saturated carbocycles. The van der Waals surface area contributed by atoms with E-state index >= 15 is 0 Å². The van der Waals surface area contributed by atoms with Crippen LogP contribution in [0.25, 0.3) is 0 Å². The number of hydrogen-bond donors (Lipinski definition) is 2. The molecule has 3 heterocycles. The van der Waals surface area contributed by atoms with Gasteiger partial charge in [-0.2, -0.15) is 13.2 Å². The molecule has 11 nitrogen and oxygen atoms in total. The van der Waals surface area contributed by atoms with Gasteiger partial charge in [0.05, 0.1) is 29.3 Å². The number of halogens is 4. The number of hydrogen-bond acceptors (Lipinski definition) is 7. The number of alkyl halides is 3. The number of carbonyl (C=O) groups is 4. The number of nitrogens with zero attached hydrogens (tertiary/aromatic N) is 3. The van der Waals surface area contributed by atoms with Crippen LogP contribution in [0.4, 0.5) is 34.1 Å². The van der Waals surface area contributed by atoms with Crippen molar-refractivity contribution < 1.29 is 41.8 Å². The van der Waals surface area contributed by atoms with Gasteiger partial charge in [-0.3, -0.25) is 9.59 Å². The van der Waals surface area contributed by atoms with E-state index in [9.17, 15) is 32.3 Å². The SMILES string of the molecule is COC(=O)OC1CCN(C(=O)[C@H](CC(=O)N2CCC(N3CCc4ccccc4NC3=O)CC2)Cc2cc(Cl)c(N)c(C(F)(F)F)c2)CC1. The normalized spacial score (nSPS) is 18.4. The van der Waals surface area contributed by atoms with Crippen molar-refractivity contribution in [1.82, 2.24) is 14.7 Å². The molecule has 0 unspecified atom stereocenters. The number of rotatable bonds is 7. The number of amides is 4. The number of nitrogens with one attached hydrogen (secondary N) is 1. The molecule has 2 fully saturated rings.